The van der Waals surface area contributed by atoms with Gasteiger partial charge in [-0.3, -0.25) is 4.98 Å². The van der Waals surface area contributed by atoms with Gasteiger partial charge in [0.15, 0.2) is 0 Å². The Kier molecular flexibility index (Phi) is 2.20. The summed E-state index contributed by atoms with van der Waals surface area (Å²) in [4.78, 5) is 8.00. The Morgan fingerprint density at radius 1 is 1.43 bits per heavy atom. The first-order chi connectivity index (χ1) is 6.66. The highest BCUT2D eigenvalue weighted by atomic mass is 79.9. The van der Waals surface area contributed by atoms with Crippen LogP contribution in [0.4, 0.5) is 5.95 Å². The van der Waals surface area contributed by atoms with Gasteiger partial charge in [-0.05, 0) is 34.5 Å². The van der Waals surface area contributed by atoms with E-state index >= 15 is 0 Å². The summed E-state index contributed by atoms with van der Waals surface area (Å²) in [5.41, 5.74) is 7.35. The van der Waals surface area contributed by atoms with Crippen molar-refractivity contribution in [1.82, 2.24) is 19.7 Å². The second kappa shape index (κ2) is 3.38. The molecule has 6 heteroatoms. The molecule has 0 spiro atoms. The molecule has 0 aromatic carbocycles. The quantitative estimate of drug-likeness (QED) is 0.833. The van der Waals surface area contributed by atoms with Crippen molar-refractivity contribution in [2.75, 3.05) is 5.73 Å². The van der Waals surface area contributed by atoms with E-state index in [0.29, 0.717) is 4.73 Å². The van der Waals surface area contributed by atoms with E-state index in [2.05, 4.69) is 31.0 Å². The molecule has 0 unspecified atom stereocenters. The number of hydrogen-bond acceptors (Lipinski definition) is 4. The minimum atomic E-state index is 0.235. The third-order valence-electron chi connectivity index (χ3n) is 1.69. The topological polar surface area (TPSA) is 69.6 Å². The number of anilines is 1. The minimum absolute atomic E-state index is 0.235. The molecule has 5 nitrogen and oxygen atoms in total. The second-order valence-corrected chi connectivity index (χ2v) is 3.58. The maximum absolute atomic E-state index is 5.46. The molecule has 2 N–H and O–H groups in total. The van der Waals surface area contributed by atoms with Crippen LogP contribution in [0.15, 0.2) is 23.2 Å². The Hall–Kier alpha value is -1.43. The van der Waals surface area contributed by atoms with E-state index in [1.54, 1.807) is 17.1 Å². The van der Waals surface area contributed by atoms with Gasteiger partial charge in [0, 0.05) is 6.20 Å². The van der Waals surface area contributed by atoms with E-state index in [-0.39, 0.29) is 5.95 Å². The maximum Gasteiger partial charge on any atom is 0.240 e. The third-order valence-corrected chi connectivity index (χ3v) is 2.20. The van der Waals surface area contributed by atoms with E-state index < -0.39 is 0 Å². The van der Waals surface area contributed by atoms with Gasteiger partial charge in [0.1, 0.15) is 0 Å². The molecule has 0 aliphatic carbocycles. The fraction of sp³-hybridized carbons (Fsp3) is 0.125. The number of aryl methyl sites for hydroxylation is 1. The van der Waals surface area contributed by atoms with Crippen LogP contribution in [0.3, 0.4) is 0 Å². The molecule has 0 aliphatic rings. The number of hydrogen-bond donors (Lipinski definition) is 1. The predicted molar refractivity (Wildman–Crippen MR) is 56.0 cm³/mol. The predicted octanol–water partition coefficient (Wildman–Crippen LogP) is 1.32. The van der Waals surface area contributed by atoms with Gasteiger partial charge in [0.05, 0.1) is 11.9 Å². The summed E-state index contributed by atoms with van der Waals surface area (Å²) in [6, 6.07) is 1.95. The normalized spacial score (nSPS) is 10.4. The fourth-order valence-corrected chi connectivity index (χ4v) is 1.59. The van der Waals surface area contributed by atoms with Crippen molar-refractivity contribution in [1.29, 1.82) is 0 Å². The summed E-state index contributed by atoms with van der Waals surface area (Å²) in [5, 5.41) is 4.02. The first kappa shape index (κ1) is 9.14. The molecule has 2 aromatic heterocycles. The summed E-state index contributed by atoms with van der Waals surface area (Å²) in [6.45, 7) is 1.96. The lowest BCUT2D eigenvalue weighted by atomic mass is 10.3. The van der Waals surface area contributed by atoms with Crippen LogP contribution in [0.2, 0.25) is 0 Å². The summed E-state index contributed by atoms with van der Waals surface area (Å²) >= 11 is 3.26. The fourth-order valence-electron chi connectivity index (χ4n) is 1.13. The lowest BCUT2D eigenvalue weighted by Gasteiger charge is -2.01. The zero-order chi connectivity index (χ0) is 10.1. The lowest BCUT2D eigenvalue weighted by molar-refractivity contribution is 0.852. The molecule has 0 saturated heterocycles. The Balaban J connectivity index is 2.54. The summed E-state index contributed by atoms with van der Waals surface area (Å²) in [7, 11) is 0. The molecule has 72 valence electrons. The van der Waals surface area contributed by atoms with Gasteiger partial charge < -0.3 is 5.73 Å². The van der Waals surface area contributed by atoms with E-state index in [0.717, 1.165) is 11.3 Å². The smallest absolute Gasteiger partial charge is 0.240 e. The van der Waals surface area contributed by atoms with Crippen LogP contribution in [0.5, 0.6) is 0 Å². The van der Waals surface area contributed by atoms with Crippen molar-refractivity contribution < 1.29 is 0 Å². The van der Waals surface area contributed by atoms with Gasteiger partial charge in [-0.1, -0.05) is 0 Å². The van der Waals surface area contributed by atoms with Crippen LogP contribution in [-0.2, 0) is 0 Å². The summed E-state index contributed by atoms with van der Waals surface area (Å²) in [6.07, 6.45) is 3.48. The van der Waals surface area contributed by atoms with Crippen molar-refractivity contribution in [3.05, 3.63) is 28.8 Å². The highest BCUT2D eigenvalue weighted by Gasteiger charge is 2.06. The number of rotatable bonds is 1. The Morgan fingerprint density at radius 3 is 2.79 bits per heavy atom. The molecule has 0 saturated carbocycles. The van der Waals surface area contributed by atoms with Crippen molar-refractivity contribution in [3.63, 3.8) is 0 Å². The van der Waals surface area contributed by atoms with Gasteiger partial charge >= 0.3 is 0 Å². The third kappa shape index (κ3) is 1.60. The van der Waals surface area contributed by atoms with Crippen LogP contribution in [-0.4, -0.2) is 19.7 Å². The van der Waals surface area contributed by atoms with Crippen LogP contribution < -0.4 is 5.73 Å². The Morgan fingerprint density at radius 2 is 2.21 bits per heavy atom. The van der Waals surface area contributed by atoms with E-state index in [1.165, 1.54) is 0 Å². The Labute approximate surface area is 89.1 Å². The molecule has 2 heterocycles. The molecular formula is C8H8BrN5. The van der Waals surface area contributed by atoms with E-state index in [1.807, 2.05) is 13.0 Å². The van der Waals surface area contributed by atoms with Crippen LogP contribution >= 0.6 is 15.9 Å². The van der Waals surface area contributed by atoms with Crippen molar-refractivity contribution in [3.8, 4) is 5.69 Å². The van der Waals surface area contributed by atoms with Crippen molar-refractivity contribution in [2.24, 2.45) is 0 Å². The molecule has 2 aromatic rings. The molecule has 0 fully saturated rings. The van der Waals surface area contributed by atoms with Crippen LogP contribution in [0, 0.1) is 6.92 Å². The van der Waals surface area contributed by atoms with Gasteiger partial charge in [-0.2, -0.15) is 4.98 Å². The molecule has 0 atom stereocenters. The highest BCUT2D eigenvalue weighted by molar-refractivity contribution is 9.10. The molecule has 14 heavy (non-hydrogen) atoms. The molecule has 0 amide bonds. The highest BCUT2D eigenvalue weighted by Crippen LogP contribution is 2.15. The standard InChI is InChI=1S/C8H8BrN5/c1-5-2-6(4-11-3-5)14-7(9)12-8(10)13-14/h2-4H,1H3,(H2,10,13). The number of pyridine rings is 1. The lowest BCUT2D eigenvalue weighted by Crippen LogP contribution is -1.98. The largest absolute Gasteiger partial charge is 0.366 e. The van der Waals surface area contributed by atoms with Gasteiger partial charge in [0.2, 0.25) is 10.7 Å². The monoisotopic (exact) mass is 253 g/mol. The van der Waals surface area contributed by atoms with Crippen molar-refractivity contribution >= 4 is 21.9 Å². The number of nitrogens with two attached hydrogens (primary N) is 1. The zero-order valence-corrected chi connectivity index (χ0v) is 9.06. The number of halogens is 1. The molecule has 0 aliphatic heterocycles. The maximum atomic E-state index is 5.46. The van der Waals surface area contributed by atoms with Crippen LogP contribution in [0.1, 0.15) is 5.56 Å². The first-order valence-corrected chi connectivity index (χ1v) is 4.76. The van der Waals surface area contributed by atoms with E-state index in [4.69, 9.17) is 5.73 Å². The minimum Gasteiger partial charge on any atom is -0.366 e. The second-order valence-electron chi connectivity index (χ2n) is 2.87. The molecule has 2 rings (SSSR count). The zero-order valence-electron chi connectivity index (χ0n) is 7.48. The average molecular weight is 254 g/mol. The number of nitrogens with zero attached hydrogens (tertiary/aromatic N) is 4. The first-order valence-electron chi connectivity index (χ1n) is 3.97. The molecule has 0 radical (unpaired) electrons. The Bertz CT molecular complexity index is 465. The van der Waals surface area contributed by atoms with Crippen LogP contribution in [0.25, 0.3) is 5.69 Å². The summed E-state index contributed by atoms with van der Waals surface area (Å²) < 4.78 is 2.16. The average Bonchev–Trinajstić information content (AvgIpc) is 2.45. The summed E-state index contributed by atoms with van der Waals surface area (Å²) in [5.74, 6) is 0.235. The number of nitrogen functional groups attached to an aromatic ring is 1. The SMILES string of the molecule is Cc1cncc(-n2nc(N)nc2Br)c1. The molecule has 0 bridgehead atoms. The molecular weight excluding hydrogens is 246 g/mol. The number of aromatic nitrogens is 4. The van der Waals surface area contributed by atoms with E-state index in [9.17, 15) is 0 Å². The van der Waals surface area contributed by atoms with Gasteiger partial charge in [-0.15, -0.1) is 5.10 Å². The van der Waals surface area contributed by atoms with Crippen molar-refractivity contribution in [2.45, 2.75) is 6.92 Å². The van der Waals surface area contributed by atoms with Gasteiger partial charge in [-0.25, -0.2) is 4.68 Å². The van der Waals surface area contributed by atoms with Gasteiger partial charge in [0.25, 0.3) is 0 Å².